The summed E-state index contributed by atoms with van der Waals surface area (Å²) in [7, 11) is -3.45. The normalized spacial score (nSPS) is 32.3. The molecule has 0 radical (unpaired) electrons. The fraction of sp³-hybridized carbons (Fsp3) is 0.462. The summed E-state index contributed by atoms with van der Waals surface area (Å²) in [6.45, 7) is 0. The van der Waals surface area contributed by atoms with Crippen LogP contribution >= 0.6 is 11.6 Å². The second kappa shape index (κ2) is 3.73. The minimum atomic E-state index is -3.45. The van der Waals surface area contributed by atoms with Crippen LogP contribution in [0.5, 0.6) is 0 Å². The topological polar surface area (TPSA) is 71.4 Å². The molecule has 1 aromatic carbocycles. The van der Waals surface area contributed by atoms with E-state index in [0.29, 0.717) is 19.3 Å². The van der Waals surface area contributed by atoms with Crippen LogP contribution in [0.25, 0.3) is 0 Å². The van der Waals surface area contributed by atoms with E-state index in [1.807, 2.05) is 0 Å². The third-order valence-corrected chi connectivity index (χ3v) is 6.72. The fourth-order valence-corrected chi connectivity index (χ4v) is 5.96. The van der Waals surface area contributed by atoms with Crippen LogP contribution in [0.4, 0.5) is 0 Å². The molecule has 102 valence electrons. The van der Waals surface area contributed by atoms with E-state index in [-0.39, 0.29) is 21.1 Å². The summed E-state index contributed by atoms with van der Waals surface area (Å²) in [5.74, 6) is -0.803. The van der Waals surface area contributed by atoms with Crippen molar-refractivity contribution in [3.05, 3.63) is 29.3 Å². The second-order valence-electron chi connectivity index (χ2n) is 5.81. The third kappa shape index (κ3) is 1.79. The van der Waals surface area contributed by atoms with Crippen LogP contribution in [0.1, 0.15) is 19.3 Å². The standard InChI is InChI=1S/C13H13ClO4S/c14-9-3-1-2-4-10(9)19(17,18)8-12-5-13(6-12,7-12)11(15)16/h1-4H,5-8H2,(H,15,16). The molecule has 2 bridgehead atoms. The van der Waals surface area contributed by atoms with Crippen molar-refractivity contribution in [2.75, 3.05) is 5.75 Å². The number of rotatable bonds is 4. The van der Waals surface area contributed by atoms with Crippen molar-refractivity contribution in [3.8, 4) is 0 Å². The Morgan fingerprint density at radius 3 is 2.37 bits per heavy atom. The molecule has 3 saturated carbocycles. The van der Waals surface area contributed by atoms with Gasteiger partial charge in [0.15, 0.2) is 9.84 Å². The summed E-state index contributed by atoms with van der Waals surface area (Å²) >= 11 is 5.92. The first-order valence-electron chi connectivity index (χ1n) is 6.00. The highest BCUT2D eigenvalue weighted by Crippen LogP contribution is 2.73. The molecule has 0 spiro atoms. The van der Waals surface area contributed by atoms with Gasteiger partial charge in [0.2, 0.25) is 0 Å². The highest BCUT2D eigenvalue weighted by atomic mass is 35.5. The maximum Gasteiger partial charge on any atom is 0.309 e. The zero-order chi connectivity index (χ0) is 13.9. The van der Waals surface area contributed by atoms with Crippen LogP contribution in [-0.4, -0.2) is 25.2 Å². The summed E-state index contributed by atoms with van der Waals surface area (Å²) in [4.78, 5) is 11.1. The zero-order valence-electron chi connectivity index (χ0n) is 10.1. The van der Waals surface area contributed by atoms with Gasteiger partial charge in [-0.2, -0.15) is 0 Å². The molecule has 1 N–H and O–H groups in total. The van der Waals surface area contributed by atoms with Gasteiger partial charge >= 0.3 is 5.97 Å². The molecule has 0 atom stereocenters. The Morgan fingerprint density at radius 2 is 1.84 bits per heavy atom. The average molecular weight is 301 g/mol. The Balaban J connectivity index is 1.79. The second-order valence-corrected chi connectivity index (χ2v) is 8.17. The lowest BCUT2D eigenvalue weighted by Crippen LogP contribution is -2.67. The summed E-state index contributed by atoms with van der Waals surface area (Å²) in [6.07, 6.45) is 1.41. The van der Waals surface area contributed by atoms with Gasteiger partial charge in [-0.05, 0) is 36.8 Å². The van der Waals surface area contributed by atoms with E-state index in [0.717, 1.165) is 0 Å². The van der Waals surface area contributed by atoms with Crippen LogP contribution in [-0.2, 0) is 14.6 Å². The molecule has 4 rings (SSSR count). The van der Waals surface area contributed by atoms with Crippen molar-refractivity contribution in [2.45, 2.75) is 24.2 Å². The summed E-state index contributed by atoms with van der Waals surface area (Å²) in [6, 6.07) is 6.37. The summed E-state index contributed by atoms with van der Waals surface area (Å²) in [5, 5.41) is 9.26. The van der Waals surface area contributed by atoms with Crippen molar-refractivity contribution in [1.82, 2.24) is 0 Å². The molecular weight excluding hydrogens is 288 g/mol. The van der Waals surface area contributed by atoms with Crippen molar-refractivity contribution in [2.24, 2.45) is 10.8 Å². The maximum absolute atomic E-state index is 12.3. The predicted octanol–water partition coefficient (Wildman–Crippen LogP) is 2.37. The molecule has 3 aliphatic carbocycles. The number of carbonyl (C=O) groups is 1. The van der Waals surface area contributed by atoms with Gasteiger partial charge in [0.25, 0.3) is 0 Å². The van der Waals surface area contributed by atoms with E-state index in [2.05, 4.69) is 0 Å². The van der Waals surface area contributed by atoms with Crippen molar-refractivity contribution < 1.29 is 18.3 Å². The van der Waals surface area contributed by atoms with Gasteiger partial charge in [-0.25, -0.2) is 8.42 Å². The molecule has 0 amide bonds. The first-order valence-corrected chi connectivity index (χ1v) is 8.03. The van der Waals surface area contributed by atoms with E-state index in [9.17, 15) is 13.2 Å². The largest absolute Gasteiger partial charge is 0.481 e. The highest BCUT2D eigenvalue weighted by molar-refractivity contribution is 7.91. The van der Waals surface area contributed by atoms with Gasteiger partial charge in [0.1, 0.15) is 0 Å². The SMILES string of the molecule is O=C(O)C12CC(CS(=O)(=O)c3ccccc3Cl)(C1)C2. The van der Waals surface area contributed by atoms with Gasteiger partial charge in [0.05, 0.1) is 21.1 Å². The lowest BCUT2D eigenvalue weighted by Gasteiger charge is -2.68. The van der Waals surface area contributed by atoms with Gasteiger partial charge < -0.3 is 5.11 Å². The van der Waals surface area contributed by atoms with Crippen LogP contribution < -0.4 is 0 Å². The van der Waals surface area contributed by atoms with Crippen LogP contribution in [0, 0.1) is 10.8 Å². The lowest BCUT2D eigenvalue weighted by atomic mass is 9.36. The number of halogens is 1. The molecular formula is C13H13ClO4S. The quantitative estimate of drug-likeness (QED) is 0.926. The average Bonchev–Trinajstić information content (AvgIpc) is 2.21. The lowest BCUT2D eigenvalue weighted by molar-refractivity contribution is -0.214. The van der Waals surface area contributed by atoms with E-state index in [4.69, 9.17) is 16.7 Å². The van der Waals surface area contributed by atoms with Crippen molar-refractivity contribution in [3.63, 3.8) is 0 Å². The molecule has 0 unspecified atom stereocenters. The van der Waals surface area contributed by atoms with Gasteiger partial charge in [0, 0.05) is 0 Å². The minimum Gasteiger partial charge on any atom is -0.481 e. The maximum atomic E-state index is 12.3. The van der Waals surface area contributed by atoms with E-state index >= 15 is 0 Å². The van der Waals surface area contributed by atoms with Gasteiger partial charge in [-0.3, -0.25) is 4.79 Å². The molecule has 3 fully saturated rings. The van der Waals surface area contributed by atoms with Crippen LogP contribution in [0.2, 0.25) is 5.02 Å². The summed E-state index contributed by atoms with van der Waals surface area (Å²) in [5.41, 5.74) is -0.980. The molecule has 6 heteroatoms. The number of benzene rings is 1. The predicted molar refractivity (Wildman–Crippen MR) is 69.9 cm³/mol. The molecule has 1 aromatic rings. The monoisotopic (exact) mass is 300 g/mol. The Kier molecular flexibility index (Phi) is 2.54. The number of hydrogen-bond acceptors (Lipinski definition) is 3. The molecule has 19 heavy (non-hydrogen) atoms. The van der Waals surface area contributed by atoms with Gasteiger partial charge in [-0.1, -0.05) is 23.7 Å². The molecule has 0 saturated heterocycles. The zero-order valence-corrected chi connectivity index (χ0v) is 11.7. The number of carboxylic acid groups (broad SMARTS) is 1. The van der Waals surface area contributed by atoms with E-state index in [1.54, 1.807) is 18.2 Å². The van der Waals surface area contributed by atoms with E-state index < -0.39 is 21.2 Å². The van der Waals surface area contributed by atoms with E-state index in [1.165, 1.54) is 6.07 Å². The third-order valence-electron chi connectivity index (χ3n) is 4.26. The minimum absolute atomic E-state index is 0.00123. The smallest absolute Gasteiger partial charge is 0.309 e. The number of carboxylic acids is 1. The highest BCUT2D eigenvalue weighted by Gasteiger charge is 2.72. The Labute approximate surface area is 116 Å². The molecule has 0 aliphatic heterocycles. The number of aliphatic carboxylic acids is 1. The Hall–Kier alpha value is -1.07. The van der Waals surface area contributed by atoms with Crippen LogP contribution in [0.15, 0.2) is 29.2 Å². The Bertz CT molecular complexity index is 645. The molecule has 0 aromatic heterocycles. The first-order chi connectivity index (χ1) is 8.79. The fourth-order valence-electron chi connectivity index (χ4n) is 3.56. The molecule has 4 nitrogen and oxygen atoms in total. The van der Waals surface area contributed by atoms with Crippen molar-refractivity contribution >= 4 is 27.4 Å². The van der Waals surface area contributed by atoms with Crippen LogP contribution in [0.3, 0.4) is 0 Å². The molecule has 3 aliphatic rings. The molecule has 0 heterocycles. The Morgan fingerprint density at radius 1 is 1.26 bits per heavy atom. The van der Waals surface area contributed by atoms with Crippen molar-refractivity contribution in [1.29, 1.82) is 0 Å². The first kappa shape index (κ1) is 12.9. The number of sulfone groups is 1. The number of hydrogen-bond donors (Lipinski definition) is 1. The summed E-state index contributed by atoms with van der Waals surface area (Å²) < 4.78 is 24.7. The van der Waals surface area contributed by atoms with Gasteiger partial charge in [-0.15, -0.1) is 0 Å².